The van der Waals surface area contributed by atoms with Gasteiger partial charge in [-0.05, 0) is 31.5 Å². The summed E-state index contributed by atoms with van der Waals surface area (Å²) in [6.07, 6.45) is 0.194. The Kier molecular flexibility index (Phi) is 3.77. The summed E-state index contributed by atoms with van der Waals surface area (Å²) in [5.74, 6) is 0.635. The zero-order valence-electron chi connectivity index (χ0n) is 8.78. The molecule has 3 nitrogen and oxygen atoms in total. The van der Waals surface area contributed by atoms with Gasteiger partial charge in [-0.2, -0.15) is 0 Å². The number of ether oxygens (including phenoxy) is 2. The van der Waals surface area contributed by atoms with Crippen molar-refractivity contribution in [3.05, 3.63) is 23.8 Å². The van der Waals surface area contributed by atoms with Crippen molar-refractivity contribution in [1.29, 1.82) is 0 Å². The third kappa shape index (κ3) is 2.92. The molecule has 78 valence electrons. The molecule has 0 bridgehead atoms. The monoisotopic (exact) mass is 196 g/mol. The molecule has 14 heavy (non-hydrogen) atoms. The molecule has 0 unspecified atom stereocenters. The predicted molar refractivity (Wildman–Crippen MR) is 54.6 cm³/mol. The van der Waals surface area contributed by atoms with Crippen LogP contribution in [-0.4, -0.2) is 18.3 Å². The van der Waals surface area contributed by atoms with Crippen LogP contribution in [0, 0.1) is 0 Å². The first-order chi connectivity index (χ1) is 6.63. The largest absolute Gasteiger partial charge is 0.504 e. The number of methoxy groups -OCH3 is 1. The molecule has 1 aromatic rings. The topological polar surface area (TPSA) is 38.7 Å². The molecule has 0 heterocycles. The predicted octanol–water partition coefficient (Wildman–Crippen LogP) is 2.33. The number of hydrogen-bond acceptors (Lipinski definition) is 3. The maximum Gasteiger partial charge on any atom is 0.160 e. The second kappa shape index (κ2) is 4.86. The number of hydrogen-bond donors (Lipinski definition) is 1. The molecule has 0 aliphatic carbocycles. The van der Waals surface area contributed by atoms with Gasteiger partial charge in [-0.15, -0.1) is 0 Å². The highest BCUT2D eigenvalue weighted by Crippen LogP contribution is 2.26. The Labute approximate surface area is 84.3 Å². The van der Waals surface area contributed by atoms with E-state index in [1.54, 1.807) is 12.1 Å². The second-order valence-electron chi connectivity index (χ2n) is 3.37. The van der Waals surface area contributed by atoms with Crippen LogP contribution < -0.4 is 4.74 Å². The van der Waals surface area contributed by atoms with E-state index in [4.69, 9.17) is 9.47 Å². The SMILES string of the molecule is COc1ccc(COC(C)C)cc1O. The Hall–Kier alpha value is -1.22. The normalized spacial score (nSPS) is 10.6. The molecule has 3 heteroatoms. The first-order valence-electron chi connectivity index (χ1n) is 4.61. The van der Waals surface area contributed by atoms with Crippen LogP contribution in [0.2, 0.25) is 0 Å². The molecular weight excluding hydrogens is 180 g/mol. The summed E-state index contributed by atoms with van der Waals surface area (Å²) in [6.45, 7) is 4.46. The number of rotatable bonds is 4. The van der Waals surface area contributed by atoms with Gasteiger partial charge in [-0.1, -0.05) is 6.07 Å². The van der Waals surface area contributed by atoms with Crippen molar-refractivity contribution >= 4 is 0 Å². The van der Waals surface area contributed by atoms with E-state index in [0.29, 0.717) is 12.4 Å². The summed E-state index contributed by atoms with van der Waals surface area (Å²) in [7, 11) is 1.53. The molecule has 0 aliphatic rings. The Morgan fingerprint density at radius 2 is 2.07 bits per heavy atom. The highest BCUT2D eigenvalue weighted by Gasteiger charge is 2.02. The maximum atomic E-state index is 9.48. The molecule has 1 aromatic carbocycles. The minimum atomic E-state index is 0.150. The molecule has 0 amide bonds. The van der Waals surface area contributed by atoms with Gasteiger partial charge in [0.25, 0.3) is 0 Å². The smallest absolute Gasteiger partial charge is 0.160 e. The van der Waals surface area contributed by atoms with Crippen LogP contribution in [0.5, 0.6) is 11.5 Å². The van der Waals surface area contributed by atoms with Crippen molar-refractivity contribution in [3.8, 4) is 11.5 Å². The molecule has 1 N–H and O–H groups in total. The van der Waals surface area contributed by atoms with Crippen molar-refractivity contribution in [2.24, 2.45) is 0 Å². The van der Waals surface area contributed by atoms with Gasteiger partial charge in [0.05, 0.1) is 19.8 Å². The summed E-state index contributed by atoms with van der Waals surface area (Å²) >= 11 is 0. The molecule has 0 aromatic heterocycles. The third-order valence-corrected chi connectivity index (χ3v) is 1.83. The van der Waals surface area contributed by atoms with Gasteiger partial charge >= 0.3 is 0 Å². The van der Waals surface area contributed by atoms with Gasteiger partial charge < -0.3 is 14.6 Å². The minimum absolute atomic E-state index is 0.150. The number of phenols is 1. The van der Waals surface area contributed by atoms with Crippen LogP contribution in [0.4, 0.5) is 0 Å². The quantitative estimate of drug-likeness (QED) is 0.803. The molecule has 0 aliphatic heterocycles. The van der Waals surface area contributed by atoms with E-state index in [9.17, 15) is 5.11 Å². The number of benzene rings is 1. The van der Waals surface area contributed by atoms with Gasteiger partial charge in [0, 0.05) is 0 Å². The van der Waals surface area contributed by atoms with Crippen molar-refractivity contribution in [3.63, 3.8) is 0 Å². The van der Waals surface area contributed by atoms with Gasteiger partial charge in [-0.25, -0.2) is 0 Å². The first-order valence-corrected chi connectivity index (χ1v) is 4.61. The number of aromatic hydroxyl groups is 1. The van der Waals surface area contributed by atoms with Gasteiger partial charge in [0.1, 0.15) is 0 Å². The Bertz CT molecular complexity index is 295. The minimum Gasteiger partial charge on any atom is -0.504 e. The van der Waals surface area contributed by atoms with Gasteiger partial charge in [0.2, 0.25) is 0 Å². The Morgan fingerprint density at radius 3 is 2.57 bits per heavy atom. The van der Waals surface area contributed by atoms with E-state index < -0.39 is 0 Å². The summed E-state index contributed by atoms with van der Waals surface area (Å²) in [6, 6.07) is 5.26. The molecule has 0 fully saturated rings. The van der Waals surface area contributed by atoms with Gasteiger partial charge in [0.15, 0.2) is 11.5 Å². The van der Waals surface area contributed by atoms with E-state index >= 15 is 0 Å². The van der Waals surface area contributed by atoms with E-state index in [1.165, 1.54) is 7.11 Å². The van der Waals surface area contributed by atoms with Crippen LogP contribution in [0.1, 0.15) is 19.4 Å². The molecule has 1 rings (SSSR count). The summed E-state index contributed by atoms with van der Waals surface area (Å²) in [5.41, 5.74) is 0.942. The highest BCUT2D eigenvalue weighted by molar-refractivity contribution is 5.41. The van der Waals surface area contributed by atoms with Crippen molar-refractivity contribution in [2.75, 3.05) is 7.11 Å². The molecule has 0 atom stereocenters. The Morgan fingerprint density at radius 1 is 1.36 bits per heavy atom. The van der Waals surface area contributed by atoms with Crippen LogP contribution in [0.15, 0.2) is 18.2 Å². The van der Waals surface area contributed by atoms with Crippen molar-refractivity contribution in [2.45, 2.75) is 26.6 Å². The lowest BCUT2D eigenvalue weighted by Gasteiger charge is -2.09. The molecule has 0 saturated carbocycles. The van der Waals surface area contributed by atoms with Crippen LogP contribution in [0.3, 0.4) is 0 Å². The fourth-order valence-electron chi connectivity index (χ4n) is 1.09. The first kappa shape index (κ1) is 10.9. The van der Waals surface area contributed by atoms with Crippen molar-refractivity contribution in [1.82, 2.24) is 0 Å². The maximum absolute atomic E-state index is 9.48. The van der Waals surface area contributed by atoms with Crippen LogP contribution >= 0.6 is 0 Å². The van der Waals surface area contributed by atoms with E-state index in [0.717, 1.165) is 5.56 Å². The lowest BCUT2D eigenvalue weighted by Crippen LogP contribution is -2.02. The van der Waals surface area contributed by atoms with Crippen molar-refractivity contribution < 1.29 is 14.6 Å². The molecular formula is C11H16O3. The summed E-state index contributed by atoms with van der Waals surface area (Å²) < 4.78 is 10.3. The lowest BCUT2D eigenvalue weighted by atomic mass is 10.2. The highest BCUT2D eigenvalue weighted by atomic mass is 16.5. The van der Waals surface area contributed by atoms with E-state index in [-0.39, 0.29) is 11.9 Å². The molecule has 0 spiro atoms. The van der Waals surface area contributed by atoms with E-state index in [2.05, 4.69) is 0 Å². The number of phenolic OH excluding ortho intramolecular Hbond substituents is 1. The Balaban J connectivity index is 2.66. The average Bonchev–Trinajstić information content (AvgIpc) is 2.15. The second-order valence-corrected chi connectivity index (χ2v) is 3.37. The lowest BCUT2D eigenvalue weighted by molar-refractivity contribution is 0.0655. The fourth-order valence-corrected chi connectivity index (χ4v) is 1.09. The summed E-state index contributed by atoms with van der Waals surface area (Å²) in [4.78, 5) is 0. The zero-order valence-corrected chi connectivity index (χ0v) is 8.78. The van der Waals surface area contributed by atoms with Crippen LogP contribution in [0.25, 0.3) is 0 Å². The van der Waals surface area contributed by atoms with Crippen LogP contribution in [-0.2, 0) is 11.3 Å². The third-order valence-electron chi connectivity index (χ3n) is 1.83. The average molecular weight is 196 g/mol. The molecule has 0 radical (unpaired) electrons. The zero-order chi connectivity index (χ0) is 10.6. The van der Waals surface area contributed by atoms with Gasteiger partial charge in [-0.3, -0.25) is 0 Å². The fraction of sp³-hybridized carbons (Fsp3) is 0.455. The molecule has 0 saturated heterocycles. The summed E-state index contributed by atoms with van der Waals surface area (Å²) in [5, 5.41) is 9.48. The van der Waals surface area contributed by atoms with E-state index in [1.807, 2.05) is 19.9 Å². The standard InChI is InChI=1S/C11H16O3/c1-8(2)14-7-9-4-5-11(13-3)10(12)6-9/h4-6,8,12H,7H2,1-3H3.